The maximum atomic E-state index is 2.00. The zero-order chi connectivity index (χ0) is 5.41. The van der Waals surface area contributed by atoms with E-state index in [0.717, 1.165) is 0 Å². The molecule has 0 N–H and O–H groups in total. The second-order valence-corrected chi connectivity index (χ2v) is 1.15. The summed E-state index contributed by atoms with van der Waals surface area (Å²) in [5.74, 6) is 0. The molecule has 0 heterocycles. The molecule has 0 aromatic rings. The summed E-state index contributed by atoms with van der Waals surface area (Å²) in [7, 11) is 0. The Morgan fingerprint density at radius 1 is 0.667 bits per heavy atom. The van der Waals surface area contributed by atoms with Crippen molar-refractivity contribution in [2.24, 2.45) is 0 Å². The summed E-state index contributed by atoms with van der Waals surface area (Å²) in [6.45, 7) is 8.00. The molecule has 0 spiro atoms. The number of rotatable bonds is 0. The van der Waals surface area contributed by atoms with Crippen LogP contribution in [-0.4, -0.2) is 0 Å². The first-order chi connectivity index (χ1) is 2.83. The molecule has 0 fully saturated rings. The molecular weight excluding hydrogens is 149 g/mol. The molecule has 0 aromatic carbocycles. The molecule has 9 heavy (non-hydrogen) atoms. The van der Waals surface area contributed by atoms with Gasteiger partial charge >= 0.3 is 37.7 Å². The summed E-state index contributed by atoms with van der Waals surface area (Å²) in [4.78, 5) is 0. The van der Waals surface area contributed by atoms with Gasteiger partial charge in [0.15, 0.2) is 0 Å². The Morgan fingerprint density at radius 2 is 0.667 bits per heavy atom. The minimum Gasteiger partial charge on any atom is -0.335 e. The molecule has 0 aliphatic rings. The van der Waals surface area contributed by atoms with Crippen LogP contribution in [0.5, 0.6) is 0 Å². The van der Waals surface area contributed by atoms with E-state index in [1.807, 2.05) is 40.5 Å². The van der Waals surface area contributed by atoms with Crippen molar-refractivity contribution in [2.75, 3.05) is 0 Å². The molecule has 0 unspecified atom stereocenters. The fourth-order valence-corrected chi connectivity index (χ4v) is 0. The fourth-order valence-electron chi connectivity index (χ4n) is 0. The van der Waals surface area contributed by atoms with Crippen molar-refractivity contribution in [2.45, 2.75) is 27.7 Å². The fraction of sp³-hybridized carbons (Fsp3) is 0.667. The van der Waals surface area contributed by atoms with E-state index in [0.29, 0.717) is 0 Å². The maximum Gasteiger partial charge on any atom is 1.00 e. The quantitative estimate of drug-likeness (QED) is 0.257. The van der Waals surface area contributed by atoms with Crippen LogP contribution >= 0.6 is 0 Å². The molecule has 0 aliphatic carbocycles. The van der Waals surface area contributed by atoms with Gasteiger partial charge in [0.25, 0.3) is 0 Å². The minimum absolute atomic E-state index is 0. The molecule has 0 amide bonds. The van der Waals surface area contributed by atoms with E-state index in [2.05, 4.69) is 0 Å². The van der Waals surface area contributed by atoms with Gasteiger partial charge in [-0.15, -0.1) is 0 Å². The van der Waals surface area contributed by atoms with Gasteiger partial charge in [0, 0.05) is 17.1 Å². The zero-order valence-electron chi connectivity index (χ0n) is 7.46. The van der Waals surface area contributed by atoms with Crippen LogP contribution in [0.15, 0.2) is 0 Å². The summed E-state index contributed by atoms with van der Waals surface area (Å²) < 4.78 is 0. The Bertz CT molecular complexity index is 13.0. The Labute approximate surface area is 94.8 Å². The molecular formula is C6H14CuLi2. The average Bonchev–Trinajstić information content (AvgIpc) is 1.39. The van der Waals surface area contributed by atoms with Crippen LogP contribution in [0.4, 0.5) is 0 Å². The van der Waals surface area contributed by atoms with Crippen LogP contribution in [0.2, 0.25) is 0 Å². The first kappa shape index (κ1) is 31.0. The monoisotopic (exact) mass is 163 g/mol. The summed E-state index contributed by atoms with van der Waals surface area (Å²) in [5.41, 5.74) is 0. The van der Waals surface area contributed by atoms with Crippen LogP contribution in [0.1, 0.15) is 27.7 Å². The molecule has 0 aromatic heterocycles. The van der Waals surface area contributed by atoms with Crippen molar-refractivity contribution in [3.05, 3.63) is 12.8 Å². The van der Waals surface area contributed by atoms with Crippen molar-refractivity contribution in [3.63, 3.8) is 0 Å². The van der Waals surface area contributed by atoms with E-state index >= 15 is 0 Å². The predicted octanol–water partition coefficient (Wildman–Crippen LogP) is -3.53. The van der Waals surface area contributed by atoms with E-state index in [4.69, 9.17) is 0 Å². The molecule has 0 saturated carbocycles. The van der Waals surface area contributed by atoms with Crippen LogP contribution in [0.25, 0.3) is 0 Å². The van der Waals surface area contributed by atoms with Crippen LogP contribution in [0, 0.1) is 12.8 Å². The Hall–Kier alpha value is 1.71. The van der Waals surface area contributed by atoms with E-state index in [-0.39, 0.29) is 54.8 Å². The molecule has 0 saturated heterocycles. The smallest absolute Gasteiger partial charge is 0.335 e. The Kier molecular flexibility index (Phi) is 184. The average molecular weight is 164 g/mol. The van der Waals surface area contributed by atoms with E-state index in [9.17, 15) is 0 Å². The molecule has 51 valence electrons. The SMILES string of the molecule is C[CH-]C.C[CH-]C.[Cu].[Li+].[Li+]. The Morgan fingerprint density at radius 3 is 0.667 bits per heavy atom. The normalized spacial score (nSPS) is 4.00. The van der Waals surface area contributed by atoms with Gasteiger partial charge in [0.1, 0.15) is 0 Å². The standard InChI is InChI=1S/2C3H7.Cu.2Li/c2*1-3-2;;;/h2*3H,1-2H3;;;/q2*-1;;2*+1. The van der Waals surface area contributed by atoms with E-state index < -0.39 is 0 Å². The first-order valence-corrected chi connectivity index (χ1v) is 2.31. The van der Waals surface area contributed by atoms with Crippen LogP contribution in [-0.2, 0) is 17.1 Å². The molecule has 0 aliphatic heterocycles. The number of hydrogen-bond acceptors (Lipinski definition) is 0. The summed E-state index contributed by atoms with van der Waals surface area (Å²) in [5, 5.41) is 0. The predicted molar refractivity (Wildman–Crippen MR) is 31.3 cm³/mol. The van der Waals surface area contributed by atoms with Crippen molar-refractivity contribution in [1.29, 1.82) is 0 Å². The van der Waals surface area contributed by atoms with Crippen molar-refractivity contribution in [3.8, 4) is 0 Å². The van der Waals surface area contributed by atoms with Crippen molar-refractivity contribution < 1.29 is 54.8 Å². The Balaban J connectivity index is -0.00000000889. The molecule has 1 radical (unpaired) electrons. The van der Waals surface area contributed by atoms with Gasteiger partial charge in [-0.3, -0.25) is 0 Å². The third-order valence-electron chi connectivity index (χ3n) is 0. The summed E-state index contributed by atoms with van der Waals surface area (Å²) in [6, 6.07) is 0. The third-order valence-corrected chi connectivity index (χ3v) is 0. The molecule has 0 atom stereocenters. The van der Waals surface area contributed by atoms with Crippen LogP contribution < -0.4 is 37.7 Å². The second kappa shape index (κ2) is 53.5. The van der Waals surface area contributed by atoms with Crippen molar-refractivity contribution in [1.82, 2.24) is 0 Å². The first-order valence-electron chi connectivity index (χ1n) is 2.31. The van der Waals surface area contributed by atoms with Crippen molar-refractivity contribution >= 4 is 0 Å². The molecule has 0 bridgehead atoms. The van der Waals surface area contributed by atoms with E-state index in [1.165, 1.54) is 0 Å². The van der Waals surface area contributed by atoms with Gasteiger partial charge < -0.3 is 12.8 Å². The largest absolute Gasteiger partial charge is 1.00 e. The molecule has 0 rings (SSSR count). The van der Waals surface area contributed by atoms with Gasteiger partial charge in [-0.1, -0.05) is 0 Å². The topological polar surface area (TPSA) is 0 Å². The molecule has 0 nitrogen and oxygen atoms in total. The maximum absolute atomic E-state index is 2.00. The second-order valence-electron chi connectivity index (χ2n) is 1.15. The summed E-state index contributed by atoms with van der Waals surface area (Å²) in [6.07, 6.45) is 4.00. The van der Waals surface area contributed by atoms with Gasteiger partial charge in [-0.05, 0) is 0 Å². The minimum atomic E-state index is 0. The van der Waals surface area contributed by atoms with E-state index in [1.54, 1.807) is 0 Å². The van der Waals surface area contributed by atoms with Gasteiger partial charge in [0.2, 0.25) is 0 Å². The van der Waals surface area contributed by atoms with Gasteiger partial charge in [-0.25, -0.2) is 0 Å². The molecule has 3 heteroatoms. The zero-order valence-corrected chi connectivity index (χ0v) is 8.40. The third kappa shape index (κ3) is 197. The van der Waals surface area contributed by atoms with Gasteiger partial charge in [-0.2, -0.15) is 27.7 Å². The number of hydrogen-bond donors (Lipinski definition) is 0. The van der Waals surface area contributed by atoms with Gasteiger partial charge in [0.05, 0.1) is 0 Å². The van der Waals surface area contributed by atoms with Crippen LogP contribution in [0.3, 0.4) is 0 Å². The summed E-state index contributed by atoms with van der Waals surface area (Å²) >= 11 is 0.